The summed E-state index contributed by atoms with van der Waals surface area (Å²) >= 11 is 0. The summed E-state index contributed by atoms with van der Waals surface area (Å²) in [6, 6.07) is 1.82. The number of halogens is 3. The van der Waals surface area contributed by atoms with Crippen molar-refractivity contribution in [3.8, 4) is 0 Å². The van der Waals surface area contributed by atoms with Crippen LogP contribution in [0.3, 0.4) is 0 Å². The molecule has 0 radical (unpaired) electrons. The molecule has 0 spiro atoms. The zero-order chi connectivity index (χ0) is 11.2. The third-order valence-corrected chi connectivity index (χ3v) is 1.97. The third-order valence-electron chi connectivity index (χ3n) is 1.97. The number of hydrogen-bond acceptors (Lipinski definition) is 2. The van der Waals surface area contributed by atoms with Gasteiger partial charge in [-0.05, 0) is 0 Å². The molecule has 0 fully saturated rings. The van der Waals surface area contributed by atoms with E-state index in [9.17, 15) is 18.0 Å². The maximum Gasteiger partial charge on any atom is 0.433 e. The highest BCUT2D eigenvalue weighted by Crippen LogP contribution is 2.26. The van der Waals surface area contributed by atoms with Gasteiger partial charge in [0, 0.05) is 25.4 Å². The summed E-state index contributed by atoms with van der Waals surface area (Å²) < 4.78 is 39.3. The highest BCUT2D eigenvalue weighted by molar-refractivity contribution is 5.37. The van der Waals surface area contributed by atoms with E-state index in [1.54, 1.807) is 7.05 Å². The average Bonchev–Trinajstić information content (AvgIpc) is 2.46. The van der Waals surface area contributed by atoms with Crippen LogP contribution in [0.5, 0.6) is 0 Å². The van der Waals surface area contributed by atoms with Gasteiger partial charge in [-0.3, -0.25) is 9.48 Å². The maximum atomic E-state index is 12.3. The van der Waals surface area contributed by atoms with Crippen molar-refractivity contribution in [2.24, 2.45) is 7.05 Å². The van der Waals surface area contributed by atoms with Gasteiger partial charge in [0.25, 0.3) is 5.56 Å². The van der Waals surface area contributed by atoms with Gasteiger partial charge in [0.2, 0.25) is 0 Å². The van der Waals surface area contributed by atoms with Crippen molar-refractivity contribution in [3.05, 3.63) is 34.4 Å². The Labute approximate surface area is 81.6 Å². The Morgan fingerprint density at radius 1 is 1.40 bits per heavy atom. The summed E-state index contributed by atoms with van der Waals surface area (Å²) in [4.78, 5) is 14.7. The summed E-state index contributed by atoms with van der Waals surface area (Å²) in [6.07, 6.45) is -3.13. The minimum Gasteiger partial charge on any atom is -0.287 e. The summed E-state index contributed by atoms with van der Waals surface area (Å²) in [5, 5.41) is 0. The molecule has 0 bridgehead atoms. The summed E-state index contributed by atoms with van der Waals surface area (Å²) in [5.74, 6) is 0. The molecule has 7 heteroatoms. The average molecular weight is 217 g/mol. The first-order valence-electron chi connectivity index (χ1n) is 4.02. The second-order valence-corrected chi connectivity index (χ2v) is 3.04. The van der Waals surface area contributed by atoms with Gasteiger partial charge in [-0.2, -0.15) is 17.7 Å². The van der Waals surface area contributed by atoms with E-state index in [1.165, 1.54) is 16.9 Å². The van der Waals surface area contributed by atoms with Gasteiger partial charge < -0.3 is 0 Å². The van der Waals surface area contributed by atoms with Crippen molar-refractivity contribution >= 4 is 5.65 Å². The van der Waals surface area contributed by atoms with Crippen molar-refractivity contribution in [3.63, 3.8) is 0 Å². The number of alkyl halides is 3. The van der Waals surface area contributed by atoms with E-state index in [-0.39, 0.29) is 5.65 Å². The van der Waals surface area contributed by atoms with Gasteiger partial charge in [0.05, 0.1) is 0 Å². The lowest BCUT2D eigenvalue weighted by molar-refractivity contribution is -0.141. The number of hydrogen-bond donors (Lipinski definition) is 0. The fourth-order valence-electron chi connectivity index (χ4n) is 1.31. The topological polar surface area (TPSA) is 39.3 Å². The SMILES string of the molecule is Cn1ccc2nc(C(F)(F)F)cc(=O)n21. The fourth-order valence-corrected chi connectivity index (χ4v) is 1.31. The van der Waals surface area contributed by atoms with Crippen LogP contribution in [0.15, 0.2) is 23.1 Å². The molecule has 0 saturated heterocycles. The van der Waals surface area contributed by atoms with Crippen LogP contribution in [0.1, 0.15) is 5.69 Å². The van der Waals surface area contributed by atoms with Crippen LogP contribution >= 0.6 is 0 Å². The molecular formula is C8H6F3N3O. The number of nitrogens with zero attached hydrogens (tertiary/aromatic N) is 3. The molecule has 0 atom stereocenters. The highest BCUT2D eigenvalue weighted by Gasteiger charge is 2.33. The molecule has 0 saturated carbocycles. The molecule has 2 aromatic heterocycles. The molecule has 2 rings (SSSR count). The molecule has 2 heterocycles. The van der Waals surface area contributed by atoms with Crippen molar-refractivity contribution < 1.29 is 13.2 Å². The van der Waals surface area contributed by atoms with E-state index in [0.29, 0.717) is 6.07 Å². The van der Waals surface area contributed by atoms with Crippen molar-refractivity contribution in [2.75, 3.05) is 0 Å². The van der Waals surface area contributed by atoms with Crippen LogP contribution in [-0.2, 0) is 13.2 Å². The molecule has 0 aliphatic rings. The molecule has 0 aliphatic heterocycles. The molecule has 0 N–H and O–H groups in total. The summed E-state index contributed by atoms with van der Waals surface area (Å²) in [5.41, 5.74) is -1.93. The van der Waals surface area contributed by atoms with E-state index in [4.69, 9.17) is 0 Å². The second-order valence-electron chi connectivity index (χ2n) is 3.04. The first-order valence-corrected chi connectivity index (χ1v) is 4.02. The lowest BCUT2D eigenvalue weighted by atomic mass is 10.4. The minimum atomic E-state index is -4.59. The molecular weight excluding hydrogens is 211 g/mol. The van der Waals surface area contributed by atoms with Crippen molar-refractivity contribution in [2.45, 2.75) is 6.18 Å². The zero-order valence-corrected chi connectivity index (χ0v) is 7.62. The number of rotatable bonds is 0. The van der Waals surface area contributed by atoms with E-state index in [2.05, 4.69) is 4.98 Å². The highest BCUT2D eigenvalue weighted by atomic mass is 19.4. The first kappa shape index (κ1) is 9.75. The van der Waals surface area contributed by atoms with E-state index in [0.717, 1.165) is 4.52 Å². The molecule has 0 aliphatic carbocycles. The van der Waals surface area contributed by atoms with E-state index >= 15 is 0 Å². The maximum absolute atomic E-state index is 12.3. The van der Waals surface area contributed by atoms with Crippen LogP contribution < -0.4 is 5.56 Å². The standard InChI is InChI=1S/C8H6F3N3O/c1-13-3-2-6-12-5(8(9,10)11)4-7(15)14(6)13/h2-4H,1H3. The van der Waals surface area contributed by atoms with Crippen LogP contribution in [0.25, 0.3) is 5.65 Å². The molecule has 0 unspecified atom stereocenters. The van der Waals surface area contributed by atoms with Crippen molar-refractivity contribution in [1.29, 1.82) is 0 Å². The quantitative estimate of drug-likeness (QED) is 0.661. The Bertz CT molecular complexity index is 566. The summed E-state index contributed by atoms with van der Waals surface area (Å²) in [7, 11) is 1.54. The molecule has 4 nitrogen and oxygen atoms in total. The van der Waals surface area contributed by atoms with Crippen molar-refractivity contribution in [1.82, 2.24) is 14.2 Å². The van der Waals surface area contributed by atoms with E-state index < -0.39 is 17.4 Å². The number of aromatic nitrogens is 3. The third kappa shape index (κ3) is 1.49. The van der Waals surface area contributed by atoms with Gasteiger partial charge in [0.15, 0.2) is 11.3 Å². The van der Waals surface area contributed by atoms with Gasteiger partial charge in [-0.1, -0.05) is 0 Å². The van der Waals surface area contributed by atoms with Gasteiger partial charge in [0.1, 0.15) is 0 Å². The Morgan fingerprint density at radius 2 is 2.07 bits per heavy atom. The Hall–Kier alpha value is -1.79. The van der Waals surface area contributed by atoms with Gasteiger partial charge >= 0.3 is 6.18 Å². The Kier molecular flexibility index (Phi) is 1.85. The van der Waals surface area contributed by atoms with Crippen LogP contribution in [-0.4, -0.2) is 14.2 Å². The predicted octanol–water partition coefficient (Wildman–Crippen LogP) is 1.05. The normalized spacial score (nSPS) is 12.3. The molecule has 2 aromatic rings. The lowest BCUT2D eigenvalue weighted by Crippen LogP contribution is -2.22. The smallest absolute Gasteiger partial charge is 0.287 e. The molecule has 15 heavy (non-hydrogen) atoms. The number of aryl methyl sites for hydroxylation is 1. The molecule has 0 amide bonds. The number of fused-ring (bicyclic) bond motifs is 1. The zero-order valence-electron chi connectivity index (χ0n) is 7.62. The van der Waals surface area contributed by atoms with Gasteiger partial charge in [-0.25, -0.2) is 4.98 Å². The summed E-state index contributed by atoms with van der Waals surface area (Å²) in [6.45, 7) is 0. The molecule has 80 valence electrons. The minimum absolute atomic E-state index is 0.0164. The fraction of sp³-hybridized carbons (Fsp3) is 0.250. The molecule has 0 aromatic carbocycles. The largest absolute Gasteiger partial charge is 0.433 e. The Balaban J connectivity index is 2.81. The predicted molar refractivity (Wildman–Crippen MR) is 45.4 cm³/mol. The van der Waals surface area contributed by atoms with Crippen LogP contribution in [0.4, 0.5) is 13.2 Å². The van der Waals surface area contributed by atoms with Crippen LogP contribution in [0, 0.1) is 0 Å². The monoisotopic (exact) mass is 217 g/mol. The lowest BCUT2D eigenvalue weighted by Gasteiger charge is -2.05. The second kappa shape index (κ2) is 2.85. The Morgan fingerprint density at radius 3 is 2.67 bits per heavy atom. The van der Waals surface area contributed by atoms with Crippen LogP contribution in [0.2, 0.25) is 0 Å². The first-order chi connectivity index (χ1) is 6.89. The van der Waals surface area contributed by atoms with E-state index in [1.807, 2.05) is 0 Å². The van der Waals surface area contributed by atoms with Gasteiger partial charge in [-0.15, -0.1) is 0 Å².